The van der Waals surface area contributed by atoms with Crippen LogP contribution in [0, 0.1) is 0 Å². The summed E-state index contributed by atoms with van der Waals surface area (Å²) in [5.41, 5.74) is 5.59. The molecule has 1 amide bonds. The monoisotopic (exact) mass is 415 g/mol. The van der Waals surface area contributed by atoms with E-state index in [1.165, 1.54) is 0 Å². The summed E-state index contributed by atoms with van der Waals surface area (Å²) < 4.78 is 3.95. The van der Waals surface area contributed by atoms with E-state index < -0.39 is 0 Å². The van der Waals surface area contributed by atoms with Crippen LogP contribution in [0.25, 0.3) is 44.1 Å². The summed E-state index contributed by atoms with van der Waals surface area (Å²) in [4.78, 5) is 22.7. The number of hydrogen-bond acceptors (Lipinski definition) is 4. The van der Waals surface area contributed by atoms with Crippen molar-refractivity contribution in [1.29, 1.82) is 0 Å². The van der Waals surface area contributed by atoms with E-state index in [0.29, 0.717) is 12.1 Å². The lowest BCUT2D eigenvalue weighted by Crippen LogP contribution is -2.31. The second-order valence-corrected chi connectivity index (χ2v) is 8.22. The number of hydrogen-bond donors (Lipinski definition) is 2. The number of rotatable bonds is 5. The first-order valence-electron chi connectivity index (χ1n) is 10.2. The smallest absolute Gasteiger partial charge is 0.251 e. The Hall–Kier alpha value is -3.65. The summed E-state index contributed by atoms with van der Waals surface area (Å²) in [5.74, 6) is -0.0616. The lowest BCUT2D eigenvalue weighted by atomic mass is 10.1. The van der Waals surface area contributed by atoms with Crippen LogP contribution in [0.15, 0.2) is 42.9 Å². The summed E-state index contributed by atoms with van der Waals surface area (Å²) in [6.07, 6.45) is 5.75. The van der Waals surface area contributed by atoms with E-state index in [1.54, 1.807) is 0 Å². The molecule has 158 valence electrons. The molecule has 0 aliphatic carbocycles. The van der Waals surface area contributed by atoms with Crippen LogP contribution in [0.3, 0.4) is 0 Å². The molecular formula is C23H25N7O. The lowest BCUT2D eigenvalue weighted by molar-refractivity contribution is 0.0951. The van der Waals surface area contributed by atoms with Crippen LogP contribution < -0.4 is 5.32 Å². The van der Waals surface area contributed by atoms with Crippen LogP contribution in [0.5, 0.6) is 0 Å². The summed E-state index contributed by atoms with van der Waals surface area (Å²) in [7, 11) is 7.93. The van der Waals surface area contributed by atoms with Crippen LogP contribution in [-0.2, 0) is 14.1 Å². The molecule has 0 aliphatic rings. The van der Waals surface area contributed by atoms with Gasteiger partial charge in [0.05, 0.1) is 11.7 Å². The van der Waals surface area contributed by atoms with E-state index >= 15 is 0 Å². The van der Waals surface area contributed by atoms with Gasteiger partial charge in [0, 0.05) is 78.1 Å². The molecule has 0 unspecified atom stereocenters. The lowest BCUT2D eigenvalue weighted by Gasteiger charge is -2.10. The largest absolute Gasteiger partial charge is 0.351 e. The summed E-state index contributed by atoms with van der Waals surface area (Å²) in [6.45, 7) is 1.41. The number of benzene rings is 1. The van der Waals surface area contributed by atoms with Gasteiger partial charge in [0.15, 0.2) is 0 Å². The average molecular weight is 416 g/mol. The van der Waals surface area contributed by atoms with Crippen LogP contribution >= 0.6 is 0 Å². The first-order valence-corrected chi connectivity index (χ1v) is 10.2. The maximum absolute atomic E-state index is 12.7. The van der Waals surface area contributed by atoms with Gasteiger partial charge in [-0.1, -0.05) is 0 Å². The fourth-order valence-electron chi connectivity index (χ4n) is 4.13. The van der Waals surface area contributed by atoms with Crippen LogP contribution in [0.1, 0.15) is 10.4 Å². The fourth-order valence-corrected chi connectivity index (χ4v) is 4.13. The Balaban J connectivity index is 1.59. The molecule has 4 aromatic heterocycles. The second kappa shape index (κ2) is 7.24. The molecule has 0 atom stereocenters. The Labute approximate surface area is 179 Å². The predicted molar refractivity (Wildman–Crippen MR) is 123 cm³/mol. The van der Waals surface area contributed by atoms with E-state index in [0.717, 1.165) is 50.6 Å². The number of aromatic nitrogens is 5. The predicted octanol–water partition coefficient (Wildman–Crippen LogP) is 2.90. The fraction of sp³-hybridized carbons (Fsp3) is 0.261. The van der Waals surface area contributed by atoms with Crippen molar-refractivity contribution in [2.45, 2.75) is 0 Å². The third-order valence-electron chi connectivity index (χ3n) is 5.74. The molecular weight excluding hydrogens is 390 g/mol. The molecule has 2 N–H and O–H groups in total. The van der Waals surface area contributed by atoms with Gasteiger partial charge in [-0.25, -0.2) is 4.98 Å². The highest BCUT2D eigenvalue weighted by Gasteiger charge is 2.16. The van der Waals surface area contributed by atoms with E-state index in [2.05, 4.69) is 37.2 Å². The SMILES string of the molecule is CN(C)CCNC(=O)c1ccc2c(c1)c(-c1cc3c(ncc4cnn(C)c43)[nH]1)cn2C. The number of H-pyrrole nitrogens is 1. The molecule has 8 heteroatoms. The van der Waals surface area contributed by atoms with Gasteiger partial charge in [-0.2, -0.15) is 5.10 Å². The minimum absolute atomic E-state index is 0.0616. The molecule has 0 saturated heterocycles. The van der Waals surface area contributed by atoms with Crippen molar-refractivity contribution in [3.05, 3.63) is 48.4 Å². The van der Waals surface area contributed by atoms with Crippen molar-refractivity contribution in [3.63, 3.8) is 0 Å². The molecule has 31 heavy (non-hydrogen) atoms. The van der Waals surface area contributed by atoms with Crippen molar-refractivity contribution in [2.75, 3.05) is 27.2 Å². The standard InChI is InChI=1S/C23H25N7O/c1-28(2)8-7-24-23(31)14-5-6-20-16(9-14)18(13-29(20)3)19-10-17-21-15(12-26-30(21)4)11-25-22(17)27-19/h5-6,9-13H,7-8H2,1-4H3,(H,24,31)(H,25,27). The van der Waals surface area contributed by atoms with Gasteiger partial charge >= 0.3 is 0 Å². The van der Waals surface area contributed by atoms with Crippen molar-refractivity contribution in [2.24, 2.45) is 14.1 Å². The number of nitrogens with zero attached hydrogens (tertiary/aromatic N) is 5. The zero-order valence-corrected chi connectivity index (χ0v) is 18.1. The van der Waals surface area contributed by atoms with Crippen LogP contribution in [0.2, 0.25) is 0 Å². The highest BCUT2D eigenvalue weighted by Crippen LogP contribution is 2.34. The topological polar surface area (TPSA) is 83.8 Å². The Bertz CT molecular complexity index is 1440. The maximum Gasteiger partial charge on any atom is 0.251 e. The maximum atomic E-state index is 12.7. The molecule has 0 aliphatic heterocycles. The Morgan fingerprint density at radius 3 is 2.81 bits per heavy atom. The van der Waals surface area contributed by atoms with E-state index in [4.69, 9.17) is 0 Å². The molecule has 0 saturated carbocycles. The minimum atomic E-state index is -0.0616. The molecule has 0 radical (unpaired) electrons. The molecule has 0 bridgehead atoms. The third kappa shape index (κ3) is 3.25. The van der Waals surface area contributed by atoms with Gasteiger partial charge in [0.1, 0.15) is 5.65 Å². The molecule has 0 fully saturated rings. The number of nitrogens with one attached hydrogen (secondary N) is 2. The number of carbonyl (C=O) groups excluding carboxylic acids is 1. The Kier molecular flexibility index (Phi) is 4.51. The highest BCUT2D eigenvalue weighted by atomic mass is 16.1. The van der Waals surface area contributed by atoms with E-state index in [1.807, 2.05) is 68.4 Å². The first-order chi connectivity index (χ1) is 14.9. The van der Waals surface area contributed by atoms with Crippen LogP contribution in [-0.4, -0.2) is 62.3 Å². The molecule has 0 spiro atoms. The minimum Gasteiger partial charge on any atom is -0.351 e. The molecule has 5 aromatic rings. The summed E-state index contributed by atoms with van der Waals surface area (Å²) in [5, 5.41) is 10.4. The summed E-state index contributed by atoms with van der Waals surface area (Å²) in [6, 6.07) is 7.96. The number of amides is 1. The average Bonchev–Trinajstić information content (AvgIpc) is 3.42. The first kappa shape index (κ1) is 19.3. The van der Waals surface area contributed by atoms with Gasteiger partial charge in [-0.15, -0.1) is 0 Å². The molecule has 4 heterocycles. The van der Waals surface area contributed by atoms with Gasteiger partial charge in [0.2, 0.25) is 0 Å². The number of carbonyl (C=O) groups is 1. The van der Waals surface area contributed by atoms with E-state index in [-0.39, 0.29) is 5.91 Å². The molecule has 1 aromatic carbocycles. The summed E-state index contributed by atoms with van der Waals surface area (Å²) >= 11 is 0. The van der Waals surface area contributed by atoms with Gasteiger partial charge in [-0.3, -0.25) is 9.48 Å². The van der Waals surface area contributed by atoms with Crippen molar-refractivity contribution in [3.8, 4) is 11.3 Å². The zero-order chi connectivity index (χ0) is 21.7. The Morgan fingerprint density at radius 2 is 2.00 bits per heavy atom. The van der Waals surface area contributed by atoms with Crippen molar-refractivity contribution in [1.82, 2.24) is 34.5 Å². The Morgan fingerprint density at radius 1 is 1.16 bits per heavy atom. The van der Waals surface area contributed by atoms with Gasteiger partial charge in [0.25, 0.3) is 5.91 Å². The van der Waals surface area contributed by atoms with Crippen molar-refractivity contribution >= 4 is 38.7 Å². The number of aryl methyl sites for hydroxylation is 2. The van der Waals surface area contributed by atoms with Crippen LogP contribution in [0.4, 0.5) is 0 Å². The normalized spacial score (nSPS) is 11.9. The number of pyridine rings is 1. The zero-order valence-electron chi connectivity index (χ0n) is 18.1. The van der Waals surface area contributed by atoms with Gasteiger partial charge < -0.3 is 19.8 Å². The number of aromatic amines is 1. The second-order valence-electron chi connectivity index (χ2n) is 8.22. The number of likely N-dealkylation sites (N-methyl/N-ethyl adjacent to an activating group) is 1. The highest BCUT2D eigenvalue weighted by molar-refractivity contribution is 6.07. The third-order valence-corrected chi connectivity index (χ3v) is 5.74. The van der Waals surface area contributed by atoms with Crippen molar-refractivity contribution < 1.29 is 4.79 Å². The number of fused-ring (bicyclic) bond motifs is 4. The van der Waals surface area contributed by atoms with E-state index in [9.17, 15) is 4.79 Å². The molecule has 8 nitrogen and oxygen atoms in total. The quantitative estimate of drug-likeness (QED) is 0.462. The molecule has 5 rings (SSSR count). The van der Waals surface area contributed by atoms with Gasteiger partial charge in [-0.05, 0) is 38.4 Å².